The number of imide groups is 1. The third-order valence-corrected chi connectivity index (χ3v) is 6.13. The van der Waals surface area contributed by atoms with Gasteiger partial charge in [-0.15, -0.1) is 0 Å². The van der Waals surface area contributed by atoms with E-state index in [0.717, 1.165) is 11.3 Å². The lowest BCUT2D eigenvalue weighted by Crippen LogP contribution is -2.52. The molecular weight excluding hydrogens is 377 g/mol. The number of nitrogens with zero attached hydrogens (tertiary/aromatic N) is 2. The molecule has 4 heterocycles. The van der Waals surface area contributed by atoms with Crippen molar-refractivity contribution < 1.29 is 27.6 Å². The molecule has 1 aromatic carbocycles. The number of rotatable bonds is 2. The van der Waals surface area contributed by atoms with Gasteiger partial charge < -0.3 is 15.1 Å². The van der Waals surface area contributed by atoms with Gasteiger partial charge in [-0.1, -0.05) is 0 Å². The molecule has 0 aliphatic carbocycles. The fourth-order valence-corrected chi connectivity index (χ4v) is 4.77. The molecule has 0 radical (unpaired) electrons. The summed E-state index contributed by atoms with van der Waals surface area (Å²) in [5.41, 5.74) is -1.34. The second-order valence-electron chi connectivity index (χ2n) is 7.69. The van der Waals surface area contributed by atoms with E-state index in [1.807, 2.05) is 0 Å². The van der Waals surface area contributed by atoms with Crippen molar-refractivity contribution >= 4 is 23.4 Å². The zero-order valence-corrected chi connectivity index (χ0v) is 14.7. The summed E-state index contributed by atoms with van der Waals surface area (Å²) in [6.45, 7) is 0.585. The Balaban J connectivity index is 1.54. The van der Waals surface area contributed by atoms with Crippen molar-refractivity contribution in [1.29, 1.82) is 0 Å². The number of halogens is 3. The highest BCUT2D eigenvalue weighted by molar-refractivity contribution is 6.05. The molecule has 148 valence electrons. The predicted molar refractivity (Wildman–Crippen MR) is 89.9 cm³/mol. The first kappa shape index (κ1) is 17.5. The fraction of sp³-hybridized carbons (Fsp3) is 0.500. The largest absolute Gasteiger partial charge is 0.361 e. The Labute approximate surface area is 157 Å². The molecule has 1 aromatic rings. The average Bonchev–Trinajstić information content (AvgIpc) is 3.35. The van der Waals surface area contributed by atoms with Crippen LogP contribution in [0.15, 0.2) is 0 Å². The maximum absolute atomic E-state index is 15.3. The van der Waals surface area contributed by atoms with Crippen molar-refractivity contribution in [2.75, 3.05) is 18.0 Å². The van der Waals surface area contributed by atoms with Crippen LogP contribution in [0.1, 0.15) is 35.2 Å². The number of anilines is 1. The number of piperidine rings is 1. The smallest absolute Gasteiger partial charge is 0.258 e. The maximum atomic E-state index is 15.3. The molecule has 2 bridgehead atoms. The van der Waals surface area contributed by atoms with Crippen LogP contribution in [0, 0.1) is 17.5 Å². The molecule has 28 heavy (non-hydrogen) atoms. The molecule has 2 N–H and O–H groups in total. The number of carbonyl (C=O) groups excluding carboxylic acids is 3. The normalized spacial score (nSPS) is 29.0. The van der Waals surface area contributed by atoms with Crippen molar-refractivity contribution in [2.24, 2.45) is 0 Å². The van der Waals surface area contributed by atoms with E-state index in [0.29, 0.717) is 13.1 Å². The Morgan fingerprint density at radius 3 is 2.43 bits per heavy atom. The number of benzene rings is 1. The van der Waals surface area contributed by atoms with Crippen molar-refractivity contribution in [3.05, 3.63) is 28.6 Å². The lowest BCUT2D eigenvalue weighted by molar-refractivity contribution is -0.136. The van der Waals surface area contributed by atoms with Gasteiger partial charge >= 0.3 is 0 Å². The first-order chi connectivity index (χ1) is 13.4. The van der Waals surface area contributed by atoms with Gasteiger partial charge in [-0.3, -0.25) is 19.7 Å². The Morgan fingerprint density at radius 1 is 1.00 bits per heavy atom. The van der Waals surface area contributed by atoms with Gasteiger partial charge in [0.1, 0.15) is 11.7 Å². The lowest BCUT2D eigenvalue weighted by atomic mass is 10.0. The highest BCUT2D eigenvalue weighted by Gasteiger charge is 2.46. The Kier molecular flexibility index (Phi) is 3.71. The van der Waals surface area contributed by atoms with Crippen LogP contribution in [0.3, 0.4) is 0 Å². The summed E-state index contributed by atoms with van der Waals surface area (Å²) < 4.78 is 44.9. The molecule has 0 aromatic heterocycles. The first-order valence-corrected chi connectivity index (χ1v) is 9.20. The van der Waals surface area contributed by atoms with Crippen LogP contribution < -0.4 is 15.5 Å². The first-order valence-electron chi connectivity index (χ1n) is 9.20. The second-order valence-corrected chi connectivity index (χ2v) is 7.69. The van der Waals surface area contributed by atoms with Crippen molar-refractivity contribution in [3.8, 4) is 0 Å². The summed E-state index contributed by atoms with van der Waals surface area (Å²) in [5.74, 6) is -5.81. The SMILES string of the molecule is O=C1CCC(N2Cc3c(F)c(N4CC5CC4CN5)c(F)c(F)c3C2=O)C(=O)N1. The molecule has 7 nitrogen and oxygen atoms in total. The van der Waals surface area contributed by atoms with Gasteiger partial charge in [-0.05, 0) is 12.8 Å². The molecule has 0 saturated carbocycles. The predicted octanol–water partition coefficient (Wildman–Crippen LogP) is 0.415. The Morgan fingerprint density at radius 2 is 1.79 bits per heavy atom. The number of hydrogen-bond donors (Lipinski definition) is 2. The third-order valence-electron chi connectivity index (χ3n) is 6.13. The molecule has 3 atom stereocenters. The van der Waals surface area contributed by atoms with Crippen LogP contribution in [0.2, 0.25) is 0 Å². The summed E-state index contributed by atoms with van der Waals surface area (Å²) in [6, 6.07) is -1.05. The minimum atomic E-state index is -1.39. The van der Waals surface area contributed by atoms with Crippen LogP contribution in [-0.4, -0.2) is 53.8 Å². The standard InChI is InChI=1S/C18H17F3N4O3/c19-13-9-6-25(10-1-2-11(26)23-17(10)27)18(28)12(9)14(20)15(21)16(13)24-5-7-3-8(24)4-22-7/h7-8,10,22H,1-6H2,(H,23,26,27). The van der Waals surface area contributed by atoms with E-state index in [-0.39, 0.29) is 37.0 Å². The van der Waals surface area contributed by atoms with Crippen LogP contribution in [0.4, 0.5) is 18.9 Å². The van der Waals surface area contributed by atoms with E-state index < -0.39 is 52.5 Å². The molecule has 3 amide bonds. The second kappa shape index (κ2) is 5.94. The van der Waals surface area contributed by atoms with Gasteiger partial charge in [-0.25, -0.2) is 13.2 Å². The van der Waals surface area contributed by atoms with E-state index in [2.05, 4.69) is 10.6 Å². The van der Waals surface area contributed by atoms with Crippen LogP contribution in [-0.2, 0) is 16.1 Å². The van der Waals surface area contributed by atoms with Gasteiger partial charge in [0.05, 0.1) is 12.1 Å². The molecule has 4 aliphatic rings. The topological polar surface area (TPSA) is 81.8 Å². The number of fused-ring (bicyclic) bond motifs is 3. The molecule has 3 unspecified atom stereocenters. The van der Waals surface area contributed by atoms with E-state index in [4.69, 9.17) is 0 Å². The van der Waals surface area contributed by atoms with E-state index >= 15 is 4.39 Å². The molecule has 5 rings (SSSR count). The van der Waals surface area contributed by atoms with Crippen molar-refractivity contribution in [3.63, 3.8) is 0 Å². The van der Waals surface area contributed by atoms with Gasteiger partial charge in [0.15, 0.2) is 17.5 Å². The van der Waals surface area contributed by atoms with E-state index in [1.165, 1.54) is 4.90 Å². The summed E-state index contributed by atoms with van der Waals surface area (Å²) in [6.07, 6.45) is 0.800. The van der Waals surface area contributed by atoms with Crippen LogP contribution in [0.25, 0.3) is 0 Å². The molecule has 4 aliphatic heterocycles. The Hall–Kier alpha value is -2.62. The minimum Gasteiger partial charge on any atom is -0.361 e. The van der Waals surface area contributed by atoms with Crippen LogP contribution in [0.5, 0.6) is 0 Å². The van der Waals surface area contributed by atoms with E-state index in [9.17, 15) is 23.2 Å². The molecule has 3 fully saturated rings. The summed E-state index contributed by atoms with van der Waals surface area (Å²) in [5, 5.41) is 5.33. The monoisotopic (exact) mass is 394 g/mol. The van der Waals surface area contributed by atoms with Gasteiger partial charge in [-0.2, -0.15) is 0 Å². The highest BCUT2D eigenvalue weighted by Crippen LogP contribution is 2.40. The van der Waals surface area contributed by atoms with E-state index in [1.54, 1.807) is 0 Å². The minimum absolute atomic E-state index is 0.0188. The quantitative estimate of drug-likeness (QED) is 0.561. The number of piperazine rings is 1. The summed E-state index contributed by atoms with van der Waals surface area (Å²) >= 11 is 0. The maximum Gasteiger partial charge on any atom is 0.258 e. The Bertz CT molecular complexity index is 937. The summed E-state index contributed by atoms with van der Waals surface area (Å²) in [7, 11) is 0. The van der Waals surface area contributed by atoms with Crippen LogP contribution >= 0.6 is 0 Å². The zero-order chi connectivity index (χ0) is 19.7. The average molecular weight is 394 g/mol. The third kappa shape index (κ3) is 2.30. The number of carbonyl (C=O) groups is 3. The zero-order valence-electron chi connectivity index (χ0n) is 14.7. The van der Waals surface area contributed by atoms with Gasteiger partial charge in [0.25, 0.3) is 5.91 Å². The lowest BCUT2D eigenvalue weighted by Gasteiger charge is -2.30. The van der Waals surface area contributed by atoms with Gasteiger partial charge in [0, 0.05) is 37.2 Å². The molecule has 0 spiro atoms. The fourth-order valence-electron chi connectivity index (χ4n) is 4.77. The molecule has 10 heteroatoms. The van der Waals surface area contributed by atoms with Crippen molar-refractivity contribution in [2.45, 2.75) is 43.9 Å². The molecular formula is C18H17F3N4O3. The van der Waals surface area contributed by atoms with Gasteiger partial charge in [0.2, 0.25) is 11.8 Å². The molecule has 3 saturated heterocycles. The summed E-state index contributed by atoms with van der Waals surface area (Å²) in [4.78, 5) is 38.6. The van der Waals surface area contributed by atoms with Crippen molar-refractivity contribution in [1.82, 2.24) is 15.5 Å². The number of nitrogens with one attached hydrogen (secondary N) is 2. The number of amides is 3. The highest BCUT2D eigenvalue weighted by atomic mass is 19.2. The number of hydrogen-bond acceptors (Lipinski definition) is 5.